The minimum Gasteiger partial charge on any atom is -0.348 e. The molecule has 0 bridgehead atoms. The zero-order chi connectivity index (χ0) is 21.7. The van der Waals surface area contributed by atoms with E-state index >= 15 is 0 Å². The van der Waals surface area contributed by atoms with Gasteiger partial charge in [0.1, 0.15) is 4.21 Å². The summed E-state index contributed by atoms with van der Waals surface area (Å²) in [4.78, 5) is 14.9. The van der Waals surface area contributed by atoms with Crippen molar-refractivity contribution in [1.29, 1.82) is 0 Å². The van der Waals surface area contributed by atoms with Crippen molar-refractivity contribution in [2.24, 2.45) is 0 Å². The number of hydrogen-bond donors (Lipinski definition) is 2. The zero-order valence-corrected chi connectivity index (χ0v) is 18.7. The van der Waals surface area contributed by atoms with Crippen molar-refractivity contribution in [3.63, 3.8) is 0 Å². The Bertz CT molecular complexity index is 1100. The number of sulfonamides is 1. The Kier molecular flexibility index (Phi) is 6.70. The molecular formula is C23H25N3O3S2. The van der Waals surface area contributed by atoms with Crippen molar-refractivity contribution in [2.75, 3.05) is 17.8 Å². The average Bonchev–Trinajstić information content (AvgIpc) is 3.48. The highest BCUT2D eigenvalue weighted by atomic mass is 32.2. The van der Waals surface area contributed by atoms with Gasteiger partial charge in [0.2, 0.25) is 0 Å². The van der Waals surface area contributed by atoms with Crippen LogP contribution in [-0.2, 0) is 23.1 Å². The van der Waals surface area contributed by atoms with E-state index in [-0.39, 0.29) is 10.1 Å². The Morgan fingerprint density at radius 3 is 2.26 bits per heavy atom. The van der Waals surface area contributed by atoms with E-state index in [1.807, 2.05) is 12.1 Å². The topological polar surface area (TPSA) is 78.5 Å². The van der Waals surface area contributed by atoms with Crippen LogP contribution in [0.1, 0.15) is 34.3 Å². The Morgan fingerprint density at radius 1 is 0.935 bits per heavy atom. The van der Waals surface area contributed by atoms with E-state index < -0.39 is 10.0 Å². The molecule has 1 aromatic heterocycles. The molecule has 0 saturated carbocycles. The molecular weight excluding hydrogens is 430 g/mol. The summed E-state index contributed by atoms with van der Waals surface area (Å²) < 4.78 is 27.3. The van der Waals surface area contributed by atoms with E-state index in [1.54, 1.807) is 41.8 Å². The molecule has 1 saturated heterocycles. The number of thiophene rings is 1. The minimum absolute atomic E-state index is 0.200. The molecule has 0 unspecified atom stereocenters. The minimum atomic E-state index is -3.60. The molecule has 1 aliphatic heterocycles. The van der Waals surface area contributed by atoms with Gasteiger partial charge in [0.25, 0.3) is 15.9 Å². The number of nitrogens with one attached hydrogen (secondary N) is 2. The van der Waals surface area contributed by atoms with Crippen LogP contribution in [0.5, 0.6) is 0 Å². The number of carbonyl (C=O) groups is 1. The first-order chi connectivity index (χ1) is 15.0. The fraction of sp³-hybridized carbons (Fsp3) is 0.261. The average molecular weight is 456 g/mol. The van der Waals surface area contributed by atoms with Crippen LogP contribution in [0.15, 0.2) is 70.3 Å². The lowest BCUT2D eigenvalue weighted by atomic mass is 10.1. The van der Waals surface area contributed by atoms with Gasteiger partial charge in [-0.15, -0.1) is 11.3 Å². The molecule has 1 aliphatic rings. The van der Waals surface area contributed by atoms with Gasteiger partial charge in [-0.3, -0.25) is 14.4 Å². The van der Waals surface area contributed by atoms with E-state index in [0.29, 0.717) is 17.8 Å². The number of anilines is 1. The van der Waals surface area contributed by atoms with Gasteiger partial charge in [-0.25, -0.2) is 8.42 Å². The van der Waals surface area contributed by atoms with Crippen LogP contribution in [0.4, 0.5) is 5.69 Å². The second kappa shape index (κ2) is 9.64. The molecule has 2 heterocycles. The summed E-state index contributed by atoms with van der Waals surface area (Å²) in [5.74, 6) is -0.200. The van der Waals surface area contributed by atoms with Gasteiger partial charge in [-0.2, -0.15) is 0 Å². The standard InChI is InChI=1S/C23H25N3O3S2/c27-23(24-16-18-5-7-19(8-6-18)17-26-13-1-2-14-26)20-9-11-21(12-10-20)25-31(28,29)22-4-3-15-30-22/h3-12,15,25H,1-2,13-14,16-17H2,(H,24,27). The van der Waals surface area contributed by atoms with Gasteiger partial charge < -0.3 is 5.32 Å². The van der Waals surface area contributed by atoms with Crippen LogP contribution in [0.25, 0.3) is 0 Å². The quantitative estimate of drug-likeness (QED) is 0.537. The highest BCUT2D eigenvalue weighted by Gasteiger charge is 2.15. The van der Waals surface area contributed by atoms with Crippen LogP contribution < -0.4 is 10.0 Å². The predicted octanol–water partition coefficient (Wildman–Crippen LogP) is 4.07. The molecule has 2 N–H and O–H groups in total. The van der Waals surface area contributed by atoms with Crippen LogP contribution >= 0.6 is 11.3 Å². The van der Waals surface area contributed by atoms with E-state index in [1.165, 1.54) is 31.5 Å². The summed E-state index contributed by atoms with van der Waals surface area (Å²) in [7, 11) is -3.60. The Labute approximate surface area is 187 Å². The lowest BCUT2D eigenvalue weighted by Crippen LogP contribution is -2.23. The summed E-state index contributed by atoms with van der Waals surface area (Å²) in [5.41, 5.74) is 3.22. The fourth-order valence-corrected chi connectivity index (χ4v) is 5.61. The van der Waals surface area contributed by atoms with Crippen molar-refractivity contribution in [3.05, 3.63) is 82.7 Å². The van der Waals surface area contributed by atoms with Gasteiger partial charge >= 0.3 is 0 Å². The number of rotatable bonds is 8. The molecule has 3 aromatic rings. The largest absolute Gasteiger partial charge is 0.348 e. The molecule has 6 nitrogen and oxygen atoms in total. The number of hydrogen-bond acceptors (Lipinski definition) is 5. The van der Waals surface area contributed by atoms with E-state index in [4.69, 9.17) is 0 Å². The fourth-order valence-electron chi connectivity index (χ4n) is 3.56. The maximum absolute atomic E-state index is 12.4. The van der Waals surface area contributed by atoms with E-state index in [2.05, 4.69) is 27.1 Å². The molecule has 1 amide bonds. The van der Waals surface area contributed by atoms with Crippen molar-refractivity contribution in [2.45, 2.75) is 30.1 Å². The normalized spacial score (nSPS) is 14.5. The molecule has 162 valence electrons. The van der Waals surface area contributed by atoms with Gasteiger partial charge in [0.05, 0.1) is 0 Å². The van der Waals surface area contributed by atoms with Crippen molar-refractivity contribution >= 4 is 33.0 Å². The van der Waals surface area contributed by atoms with Crippen LogP contribution in [0.3, 0.4) is 0 Å². The lowest BCUT2D eigenvalue weighted by Gasteiger charge is -2.14. The predicted molar refractivity (Wildman–Crippen MR) is 124 cm³/mol. The van der Waals surface area contributed by atoms with Crippen molar-refractivity contribution in [3.8, 4) is 0 Å². The summed E-state index contributed by atoms with van der Waals surface area (Å²) >= 11 is 1.15. The molecule has 8 heteroatoms. The van der Waals surface area contributed by atoms with Crippen LogP contribution in [0, 0.1) is 0 Å². The van der Waals surface area contributed by atoms with Gasteiger partial charge in [0, 0.05) is 24.3 Å². The third-order valence-corrected chi connectivity index (χ3v) is 8.02. The van der Waals surface area contributed by atoms with Crippen molar-refractivity contribution in [1.82, 2.24) is 10.2 Å². The number of nitrogens with zero attached hydrogens (tertiary/aromatic N) is 1. The first-order valence-corrected chi connectivity index (χ1v) is 12.6. The summed E-state index contributed by atoms with van der Waals surface area (Å²) in [6.07, 6.45) is 2.57. The molecule has 0 spiro atoms. The summed E-state index contributed by atoms with van der Waals surface area (Å²) in [6, 6.07) is 18.0. The number of likely N-dealkylation sites (tertiary alicyclic amines) is 1. The van der Waals surface area contributed by atoms with E-state index in [0.717, 1.165) is 23.4 Å². The lowest BCUT2D eigenvalue weighted by molar-refractivity contribution is 0.0951. The third kappa shape index (κ3) is 5.72. The Hall–Kier alpha value is -2.68. The van der Waals surface area contributed by atoms with Gasteiger partial charge in [-0.05, 0) is 72.8 Å². The Balaban J connectivity index is 1.29. The second-order valence-corrected chi connectivity index (χ2v) is 10.5. The van der Waals surface area contributed by atoms with Crippen LogP contribution in [-0.4, -0.2) is 32.3 Å². The number of carbonyl (C=O) groups excluding carboxylic acids is 1. The molecule has 0 aliphatic carbocycles. The molecule has 1 fully saturated rings. The molecule has 2 aromatic carbocycles. The van der Waals surface area contributed by atoms with Crippen molar-refractivity contribution < 1.29 is 13.2 Å². The third-order valence-electron chi connectivity index (χ3n) is 5.24. The first kappa shape index (κ1) is 21.5. The summed E-state index contributed by atoms with van der Waals surface area (Å²) in [6.45, 7) is 3.77. The molecule has 0 atom stereocenters. The number of benzene rings is 2. The number of amides is 1. The second-order valence-electron chi connectivity index (χ2n) is 7.60. The SMILES string of the molecule is O=C(NCc1ccc(CN2CCCC2)cc1)c1ccc(NS(=O)(=O)c2cccs2)cc1. The maximum Gasteiger partial charge on any atom is 0.271 e. The monoisotopic (exact) mass is 455 g/mol. The van der Waals surface area contributed by atoms with Crippen LogP contribution in [0.2, 0.25) is 0 Å². The molecule has 31 heavy (non-hydrogen) atoms. The van der Waals surface area contributed by atoms with Gasteiger partial charge in [0.15, 0.2) is 0 Å². The Morgan fingerprint density at radius 2 is 1.61 bits per heavy atom. The highest BCUT2D eigenvalue weighted by Crippen LogP contribution is 2.20. The van der Waals surface area contributed by atoms with Gasteiger partial charge in [-0.1, -0.05) is 30.3 Å². The first-order valence-electron chi connectivity index (χ1n) is 10.2. The smallest absolute Gasteiger partial charge is 0.271 e. The molecule has 4 rings (SSSR count). The maximum atomic E-state index is 12.4. The van der Waals surface area contributed by atoms with E-state index in [9.17, 15) is 13.2 Å². The molecule has 0 radical (unpaired) electrons. The zero-order valence-electron chi connectivity index (χ0n) is 17.1. The highest BCUT2D eigenvalue weighted by molar-refractivity contribution is 7.94. The summed E-state index contributed by atoms with van der Waals surface area (Å²) in [5, 5.41) is 4.62.